The van der Waals surface area contributed by atoms with Crippen molar-refractivity contribution in [1.82, 2.24) is 5.32 Å². The Labute approximate surface area is 207 Å². The van der Waals surface area contributed by atoms with E-state index in [9.17, 15) is 18.0 Å². The van der Waals surface area contributed by atoms with Gasteiger partial charge in [0.15, 0.2) is 0 Å². The van der Waals surface area contributed by atoms with Gasteiger partial charge in [-0.2, -0.15) is 13.2 Å². The number of carbonyl (C=O) groups is 1. The van der Waals surface area contributed by atoms with Crippen LogP contribution in [0.3, 0.4) is 0 Å². The third-order valence-corrected chi connectivity index (χ3v) is 7.96. The summed E-state index contributed by atoms with van der Waals surface area (Å²) in [7, 11) is 0. The zero-order valence-electron chi connectivity index (χ0n) is 19.5. The van der Waals surface area contributed by atoms with Gasteiger partial charge in [-0.3, -0.25) is 4.79 Å². The fourth-order valence-corrected chi connectivity index (χ4v) is 5.89. The van der Waals surface area contributed by atoms with Gasteiger partial charge in [-0.1, -0.05) is 23.8 Å². The molecule has 0 bridgehead atoms. The van der Waals surface area contributed by atoms with Crippen molar-refractivity contribution in [2.75, 3.05) is 36.0 Å². The number of aryl methyl sites for hydroxylation is 1. The molecule has 4 nitrogen and oxygen atoms in total. The van der Waals surface area contributed by atoms with Crippen molar-refractivity contribution in [1.29, 1.82) is 0 Å². The number of nitrogens with one attached hydrogen (secondary N) is 1. The largest absolute Gasteiger partial charge is 0.416 e. The van der Waals surface area contributed by atoms with Gasteiger partial charge >= 0.3 is 6.18 Å². The van der Waals surface area contributed by atoms with Gasteiger partial charge in [0.05, 0.1) is 17.5 Å². The van der Waals surface area contributed by atoms with Crippen LogP contribution in [0.1, 0.15) is 21.6 Å². The predicted octanol–water partition coefficient (Wildman–Crippen LogP) is 5.30. The van der Waals surface area contributed by atoms with E-state index < -0.39 is 17.7 Å². The van der Waals surface area contributed by atoms with E-state index in [0.29, 0.717) is 31.6 Å². The second kappa shape index (κ2) is 9.57. The summed E-state index contributed by atoms with van der Waals surface area (Å²) in [5, 5.41) is 5.07. The zero-order chi connectivity index (χ0) is 24.6. The van der Waals surface area contributed by atoms with Gasteiger partial charge in [-0.05, 0) is 67.1 Å². The molecule has 1 N–H and O–H groups in total. The fraction of sp³-hybridized carbons (Fsp3) is 0.370. The quantitative estimate of drug-likeness (QED) is 0.518. The van der Waals surface area contributed by atoms with Crippen LogP contribution < -0.4 is 15.1 Å². The van der Waals surface area contributed by atoms with Gasteiger partial charge in [0, 0.05) is 42.4 Å². The number of thiophene rings is 1. The second-order valence-electron chi connectivity index (χ2n) is 9.31. The van der Waals surface area contributed by atoms with Gasteiger partial charge in [0.2, 0.25) is 5.91 Å². The molecule has 0 saturated carbocycles. The number of alkyl halides is 3. The zero-order valence-corrected chi connectivity index (χ0v) is 20.3. The molecule has 2 aliphatic rings. The predicted molar refractivity (Wildman–Crippen MR) is 134 cm³/mol. The number of hydrogen-bond donors (Lipinski definition) is 1. The maximum atomic E-state index is 13.4. The molecule has 1 amide bonds. The summed E-state index contributed by atoms with van der Waals surface area (Å²) in [6, 6.07) is 16.2. The van der Waals surface area contributed by atoms with Crippen LogP contribution >= 0.6 is 11.3 Å². The van der Waals surface area contributed by atoms with Crippen molar-refractivity contribution in [2.45, 2.75) is 32.0 Å². The van der Waals surface area contributed by atoms with E-state index in [-0.39, 0.29) is 11.9 Å². The monoisotopic (exact) mass is 499 g/mol. The van der Waals surface area contributed by atoms with Gasteiger partial charge in [-0.15, -0.1) is 11.3 Å². The Hall–Kier alpha value is -3.00. The van der Waals surface area contributed by atoms with Crippen molar-refractivity contribution >= 4 is 28.6 Å². The van der Waals surface area contributed by atoms with Crippen LogP contribution in [-0.4, -0.2) is 38.1 Å². The van der Waals surface area contributed by atoms with E-state index in [1.165, 1.54) is 16.5 Å². The molecule has 1 fully saturated rings. The smallest absolute Gasteiger partial charge is 0.368 e. The van der Waals surface area contributed by atoms with Crippen LogP contribution in [-0.2, 0) is 23.8 Å². The number of carbonyl (C=O) groups excluding carboxylic acids is 1. The summed E-state index contributed by atoms with van der Waals surface area (Å²) in [6.45, 7) is 4.60. The Kier molecular flexibility index (Phi) is 6.49. The van der Waals surface area contributed by atoms with Crippen LogP contribution in [0.25, 0.3) is 0 Å². The highest BCUT2D eigenvalue weighted by Crippen LogP contribution is 2.40. The third kappa shape index (κ3) is 5.03. The summed E-state index contributed by atoms with van der Waals surface area (Å²) < 4.78 is 40.2. The first-order valence-electron chi connectivity index (χ1n) is 11.9. The maximum absolute atomic E-state index is 13.4. The first kappa shape index (κ1) is 23.7. The summed E-state index contributed by atoms with van der Waals surface area (Å²) in [5.41, 5.74) is 3.03. The molecule has 8 heteroatoms. The van der Waals surface area contributed by atoms with Crippen LogP contribution in [0.2, 0.25) is 0 Å². The molecule has 3 heterocycles. The number of benzene rings is 2. The molecule has 3 aromatic rings. The van der Waals surface area contributed by atoms with E-state index >= 15 is 0 Å². The van der Waals surface area contributed by atoms with Crippen LogP contribution in [0.4, 0.5) is 24.5 Å². The number of hydrogen-bond acceptors (Lipinski definition) is 4. The lowest BCUT2D eigenvalue weighted by molar-refractivity contribution is -0.137. The molecule has 184 valence electrons. The Morgan fingerprint density at radius 3 is 2.63 bits per heavy atom. The Bertz CT molecular complexity index is 1180. The topological polar surface area (TPSA) is 35.6 Å². The molecule has 2 aromatic carbocycles. The Balaban J connectivity index is 1.41. The molecule has 0 radical (unpaired) electrons. The number of rotatable bonds is 5. The number of piperazine rings is 1. The molecule has 2 atom stereocenters. The average molecular weight is 500 g/mol. The van der Waals surface area contributed by atoms with Crippen molar-refractivity contribution in [3.63, 3.8) is 0 Å². The number of anilines is 2. The van der Waals surface area contributed by atoms with E-state index in [0.717, 1.165) is 30.4 Å². The molecule has 35 heavy (non-hydrogen) atoms. The van der Waals surface area contributed by atoms with Crippen molar-refractivity contribution in [3.05, 3.63) is 81.5 Å². The molecule has 2 aliphatic heterocycles. The van der Waals surface area contributed by atoms with Crippen molar-refractivity contribution < 1.29 is 18.0 Å². The summed E-state index contributed by atoms with van der Waals surface area (Å²) in [6.07, 6.45) is -3.36. The Morgan fingerprint density at radius 1 is 1.11 bits per heavy atom. The lowest BCUT2D eigenvalue weighted by Gasteiger charge is -2.49. The fourth-order valence-electron chi connectivity index (χ4n) is 5.18. The van der Waals surface area contributed by atoms with E-state index in [1.54, 1.807) is 17.4 Å². The first-order valence-corrected chi connectivity index (χ1v) is 12.8. The lowest BCUT2D eigenvalue weighted by Crippen LogP contribution is -2.61. The lowest BCUT2D eigenvalue weighted by atomic mass is 9.82. The molecular formula is C27H28F3N3OS. The number of halogens is 3. The van der Waals surface area contributed by atoms with Gasteiger partial charge in [-0.25, -0.2) is 0 Å². The summed E-state index contributed by atoms with van der Waals surface area (Å²) in [4.78, 5) is 19.0. The van der Waals surface area contributed by atoms with E-state index in [1.807, 2.05) is 24.4 Å². The first-order chi connectivity index (χ1) is 16.8. The number of fused-ring (bicyclic) bond motifs is 3. The molecule has 0 unspecified atom stereocenters. The molecule has 0 aliphatic carbocycles. The normalized spacial score (nSPS) is 19.8. The second-order valence-corrected chi connectivity index (χ2v) is 10.3. The maximum Gasteiger partial charge on any atom is 0.416 e. The highest BCUT2D eigenvalue weighted by Gasteiger charge is 2.42. The third-order valence-electron chi connectivity index (χ3n) is 7.03. The standard InChI is InChI=1S/C27H28F3N3OS/c1-18-4-7-21(8-5-18)32-12-13-33-24-9-6-20(27(28,29)30)15-19(24)16-23(25(33)17-32)26(34)31-11-10-22-3-2-14-35-22/h2-9,14-15,23,25H,10-13,16-17H2,1H3,(H,31,34)/t23-,25-/m0/s1. The molecular weight excluding hydrogens is 471 g/mol. The van der Waals surface area contributed by atoms with Gasteiger partial charge in [0.25, 0.3) is 0 Å². The van der Waals surface area contributed by atoms with E-state index in [4.69, 9.17) is 0 Å². The number of amides is 1. The van der Waals surface area contributed by atoms with Crippen LogP contribution in [0, 0.1) is 12.8 Å². The number of nitrogens with zero attached hydrogens (tertiary/aromatic N) is 2. The molecule has 1 aromatic heterocycles. The SMILES string of the molecule is Cc1ccc(N2CCN3c4ccc(C(F)(F)F)cc4C[C@H](C(=O)NCCc4cccs4)[C@@H]3C2)cc1. The summed E-state index contributed by atoms with van der Waals surface area (Å²) >= 11 is 1.65. The van der Waals surface area contributed by atoms with Gasteiger partial charge < -0.3 is 15.1 Å². The minimum atomic E-state index is -4.41. The van der Waals surface area contributed by atoms with Crippen molar-refractivity contribution in [2.24, 2.45) is 5.92 Å². The Morgan fingerprint density at radius 2 is 1.91 bits per heavy atom. The van der Waals surface area contributed by atoms with Crippen LogP contribution in [0.5, 0.6) is 0 Å². The minimum Gasteiger partial charge on any atom is -0.368 e. The van der Waals surface area contributed by atoms with Crippen molar-refractivity contribution in [3.8, 4) is 0 Å². The van der Waals surface area contributed by atoms with E-state index in [2.05, 4.69) is 39.4 Å². The average Bonchev–Trinajstić information content (AvgIpc) is 3.36. The van der Waals surface area contributed by atoms with Crippen LogP contribution in [0.15, 0.2) is 60.0 Å². The van der Waals surface area contributed by atoms with Gasteiger partial charge in [0.1, 0.15) is 0 Å². The highest BCUT2D eigenvalue weighted by atomic mass is 32.1. The minimum absolute atomic E-state index is 0.0922. The molecule has 5 rings (SSSR count). The molecule has 0 spiro atoms. The molecule has 1 saturated heterocycles. The highest BCUT2D eigenvalue weighted by molar-refractivity contribution is 7.09. The summed E-state index contributed by atoms with van der Waals surface area (Å²) in [5.74, 6) is -0.520.